The summed E-state index contributed by atoms with van der Waals surface area (Å²) in [5.41, 5.74) is 1.96. The van der Waals surface area contributed by atoms with E-state index in [1.54, 1.807) is 17.4 Å². The van der Waals surface area contributed by atoms with Crippen LogP contribution in [0.4, 0.5) is 4.39 Å². The van der Waals surface area contributed by atoms with Gasteiger partial charge in [-0.1, -0.05) is 6.07 Å². The van der Waals surface area contributed by atoms with E-state index in [9.17, 15) is 4.39 Å². The van der Waals surface area contributed by atoms with E-state index in [1.807, 2.05) is 19.9 Å². The minimum Gasteiger partial charge on any atom is -0.494 e. The molecule has 0 fully saturated rings. The van der Waals surface area contributed by atoms with Crippen LogP contribution in [0.25, 0.3) is 0 Å². The molecule has 108 valence electrons. The molecule has 1 aromatic carbocycles. The number of benzene rings is 1. The molecule has 0 saturated carbocycles. The molecule has 1 aromatic heterocycles. The smallest absolute Gasteiger partial charge is 0.165 e. The van der Waals surface area contributed by atoms with Crippen LogP contribution in [0.15, 0.2) is 18.2 Å². The molecule has 0 aliphatic heterocycles. The largest absolute Gasteiger partial charge is 0.494 e. The van der Waals surface area contributed by atoms with Gasteiger partial charge < -0.3 is 10.1 Å². The lowest BCUT2D eigenvalue weighted by Crippen LogP contribution is -2.18. The lowest BCUT2D eigenvalue weighted by molar-refractivity contribution is 0.386. The maximum absolute atomic E-state index is 13.6. The molecule has 1 atom stereocenters. The Labute approximate surface area is 122 Å². The second-order valence-electron chi connectivity index (χ2n) is 4.75. The number of thiazole rings is 1. The van der Waals surface area contributed by atoms with E-state index in [4.69, 9.17) is 4.74 Å². The summed E-state index contributed by atoms with van der Waals surface area (Å²) >= 11 is 1.70. The van der Waals surface area contributed by atoms with Gasteiger partial charge in [-0.2, -0.15) is 0 Å². The van der Waals surface area contributed by atoms with E-state index in [0.29, 0.717) is 6.54 Å². The van der Waals surface area contributed by atoms with Crippen molar-refractivity contribution in [1.82, 2.24) is 10.3 Å². The topological polar surface area (TPSA) is 34.1 Å². The lowest BCUT2D eigenvalue weighted by atomic mass is 10.2. The average Bonchev–Trinajstić information content (AvgIpc) is 2.75. The van der Waals surface area contributed by atoms with Crippen molar-refractivity contribution in [3.8, 4) is 5.75 Å². The predicted octanol–water partition coefficient (Wildman–Crippen LogP) is 3.76. The summed E-state index contributed by atoms with van der Waals surface area (Å²) < 4.78 is 18.5. The van der Waals surface area contributed by atoms with Crippen LogP contribution < -0.4 is 10.1 Å². The van der Waals surface area contributed by atoms with Gasteiger partial charge in [0, 0.05) is 17.5 Å². The van der Waals surface area contributed by atoms with Crippen LogP contribution in [0, 0.1) is 19.7 Å². The summed E-state index contributed by atoms with van der Waals surface area (Å²) in [5.74, 6) is -0.0556. The van der Waals surface area contributed by atoms with Crippen molar-refractivity contribution in [2.45, 2.75) is 33.4 Å². The molecule has 1 N–H and O–H groups in total. The Bertz CT molecular complexity index is 598. The molecular formula is C15H19FN2OS. The Morgan fingerprint density at radius 3 is 2.70 bits per heavy atom. The number of halogens is 1. The van der Waals surface area contributed by atoms with Gasteiger partial charge in [0.2, 0.25) is 0 Å². The Morgan fingerprint density at radius 2 is 2.15 bits per heavy atom. The first kappa shape index (κ1) is 14.9. The molecule has 1 unspecified atom stereocenters. The Balaban J connectivity index is 2.01. The van der Waals surface area contributed by atoms with Gasteiger partial charge >= 0.3 is 0 Å². The van der Waals surface area contributed by atoms with E-state index in [1.165, 1.54) is 18.1 Å². The van der Waals surface area contributed by atoms with Gasteiger partial charge in [-0.15, -0.1) is 11.3 Å². The maximum Gasteiger partial charge on any atom is 0.165 e. The van der Waals surface area contributed by atoms with Crippen molar-refractivity contribution in [2.75, 3.05) is 7.11 Å². The highest BCUT2D eigenvalue weighted by Gasteiger charge is 2.12. The van der Waals surface area contributed by atoms with Gasteiger partial charge in [-0.05, 0) is 38.5 Å². The molecule has 0 amide bonds. The Hall–Kier alpha value is -1.46. The lowest BCUT2D eigenvalue weighted by Gasteiger charge is -2.13. The number of aryl methyl sites for hydroxylation is 2. The highest BCUT2D eigenvalue weighted by molar-refractivity contribution is 7.11. The SMILES string of the molecule is COc1ccc(CNC(C)c2sc(C)nc2C)cc1F. The van der Waals surface area contributed by atoms with Crippen molar-refractivity contribution in [2.24, 2.45) is 0 Å². The molecule has 0 saturated heterocycles. The third kappa shape index (κ3) is 3.35. The number of methoxy groups -OCH3 is 1. The third-order valence-corrected chi connectivity index (χ3v) is 4.42. The summed E-state index contributed by atoms with van der Waals surface area (Å²) in [6.07, 6.45) is 0. The van der Waals surface area contributed by atoms with Gasteiger partial charge in [0.15, 0.2) is 11.6 Å². The first-order valence-corrected chi connectivity index (χ1v) is 7.32. The first-order valence-electron chi connectivity index (χ1n) is 6.51. The standard InChI is InChI=1S/C15H19FN2OS/c1-9(15-10(2)18-11(3)20-15)17-8-12-5-6-14(19-4)13(16)7-12/h5-7,9,17H,8H2,1-4H3. The molecule has 20 heavy (non-hydrogen) atoms. The number of aromatic nitrogens is 1. The van der Waals surface area contributed by atoms with Crippen LogP contribution in [0.3, 0.4) is 0 Å². The van der Waals surface area contributed by atoms with Gasteiger partial charge in [0.25, 0.3) is 0 Å². The van der Waals surface area contributed by atoms with Crippen molar-refractivity contribution < 1.29 is 9.13 Å². The molecule has 2 rings (SSSR count). The molecule has 0 aliphatic rings. The molecule has 5 heteroatoms. The average molecular weight is 294 g/mol. The zero-order valence-corrected chi connectivity index (χ0v) is 13.0. The molecule has 0 spiro atoms. The normalized spacial score (nSPS) is 12.4. The minimum atomic E-state index is -0.329. The monoisotopic (exact) mass is 294 g/mol. The van der Waals surface area contributed by atoms with Crippen molar-refractivity contribution in [3.05, 3.63) is 45.2 Å². The minimum absolute atomic E-state index is 0.200. The number of rotatable bonds is 5. The zero-order chi connectivity index (χ0) is 14.7. The van der Waals surface area contributed by atoms with Crippen molar-refractivity contribution in [3.63, 3.8) is 0 Å². The van der Waals surface area contributed by atoms with Crippen LogP contribution in [0.1, 0.15) is 34.1 Å². The summed E-state index contributed by atoms with van der Waals surface area (Å²) in [4.78, 5) is 5.66. The fourth-order valence-electron chi connectivity index (χ4n) is 2.13. The van der Waals surface area contributed by atoms with E-state index in [-0.39, 0.29) is 17.6 Å². The molecule has 0 bridgehead atoms. The molecule has 2 aromatic rings. The number of hydrogen-bond donors (Lipinski definition) is 1. The quantitative estimate of drug-likeness (QED) is 0.911. The fourth-order valence-corrected chi connectivity index (χ4v) is 3.09. The zero-order valence-electron chi connectivity index (χ0n) is 12.2. The Kier molecular flexibility index (Phi) is 4.73. The van der Waals surface area contributed by atoms with E-state index in [0.717, 1.165) is 16.3 Å². The fraction of sp³-hybridized carbons (Fsp3) is 0.400. The van der Waals surface area contributed by atoms with Gasteiger partial charge in [0.05, 0.1) is 17.8 Å². The first-order chi connectivity index (χ1) is 9.51. The molecule has 3 nitrogen and oxygen atoms in total. The van der Waals surface area contributed by atoms with Crippen LogP contribution >= 0.6 is 11.3 Å². The summed E-state index contributed by atoms with van der Waals surface area (Å²) in [6.45, 7) is 6.73. The van der Waals surface area contributed by atoms with E-state index in [2.05, 4.69) is 17.2 Å². The van der Waals surface area contributed by atoms with Crippen molar-refractivity contribution in [1.29, 1.82) is 0 Å². The van der Waals surface area contributed by atoms with Crippen molar-refractivity contribution >= 4 is 11.3 Å². The highest BCUT2D eigenvalue weighted by Crippen LogP contribution is 2.25. The maximum atomic E-state index is 13.6. The van der Waals surface area contributed by atoms with Gasteiger partial charge in [0.1, 0.15) is 0 Å². The number of hydrogen-bond acceptors (Lipinski definition) is 4. The summed E-state index contributed by atoms with van der Waals surface area (Å²) in [5, 5.41) is 4.47. The molecule has 0 aliphatic carbocycles. The molecule has 0 radical (unpaired) electrons. The van der Waals surface area contributed by atoms with Crippen LogP contribution in [-0.2, 0) is 6.54 Å². The van der Waals surface area contributed by atoms with Crippen LogP contribution in [0.2, 0.25) is 0 Å². The Morgan fingerprint density at radius 1 is 1.40 bits per heavy atom. The number of ether oxygens (including phenoxy) is 1. The second-order valence-corrected chi connectivity index (χ2v) is 5.99. The second kappa shape index (κ2) is 6.33. The van der Waals surface area contributed by atoms with E-state index >= 15 is 0 Å². The number of nitrogens with zero attached hydrogens (tertiary/aromatic N) is 1. The third-order valence-electron chi connectivity index (χ3n) is 3.16. The molecular weight excluding hydrogens is 275 g/mol. The van der Waals surface area contributed by atoms with Crippen LogP contribution in [0.5, 0.6) is 5.75 Å². The van der Waals surface area contributed by atoms with Gasteiger partial charge in [-0.3, -0.25) is 0 Å². The summed E-state index contributed by atoms with van der Waals surface area (Å²) in [7, 11) is 1.47. The van der Waals surface area contributed by atoms with Gasteiger partial charge in [-0.25, -0.2) is 9.37 Å². The van der Waals surface area contributed by atoms with Crippen LogP contribution in [-0.4, -0.2) is 12.1 Å². The summed E-state index contributed by atoms with van der Waals surface area (Å²) in [6, 6.07) is 5.22. The number of nitrogens with one attached hydrogen (secondary N) is 1. The molecule has 1 heterocycles. The predicted molar refractivity (Wildman–Crippen MR) is 79.8 cm³/mol. The highest BCUT2D eigenvalue weighted by atomic mass is 32.1. The van der Waals surface area contributed by atoms with E-state index < -0.39 is 0 Å².